The summed E-state index contributed by atoms with van der Waals surface area (Å²) in [6, 6.07) is 50.8. The van der Waals surface area contributed by atoms with Gasteiger partial charge in [0.05, 0.1) is 0 Å². The predicted molar refractivity (Wildman–Crippen MR) is 223 cm³/mol. The Balaban J connectivity index is 0.000000482. The summed E-state index contributed by atoms with van der Waals surface area (Å²) in [5, 5.41) is 0. The number of aromatic nitrogens is 3. The summed E-state index contributed by atoms with van der Waals surface area (Å²) in [6.45, 7) is 2.08. The van der Waals surface area contributed by atoms with E-state index in [9.17, 15) is 0 Å². The molecule has 0 saturated carbocycles. The molecule has 0 bridgehead atoms. The van der Waals surface area contributed by atoms with Gasteiger partial charge in [0.1, 0.15) is 0 Å². The highest BCUT2D eigenvalue weighted by atomic mass is 14.6. The number of pyridine rings is 3. The lowest BCUT2D eigenvalue weighted by atomic mass is 9.78. The van der Waals surface area contributed by atoms with Gasteiger partial charge < -0.3 is 0 Å². The van der Waals surface area contributed by atoms with Crippen LogP contribution in [-0.4, -0.2) is 15.0 Å². The molecule has 5 aromatic carbocycles. The molecule has 0 amide bonds. The van der Waals surface area contributed by atoms with E-state index in [1.165, 1.54) is 89.0 Å². The first kappa shape index (κ1) is 33.1. The van der Waals surface area contributed by atoms with Gasteiger partial charge in [0.25, 0.3) is 0 Å². The minimum Gasteiger partial charge on any atom is -0.264 e. The normalized spacial score (nSPS) is 16.5. The molecule has 3 heterocycles. The summed E-state index contributed by atoms with van der Waals surface area (Å²) in [6.07, 6.45) is 14.5. The molecule has 264 valence electrons. The molecule has 55 heavy (non-hydrogen) atoms. The molecule has 0 N–H and O–H groups in total. The number of fused-ring (bicyclic) bond motifs is 12. The van der Waals surface area contributed by atoms with Gasteiger partial charge in [0, 0.05) is 54.9 Å². The zero-order valence-electron chi connectivity index (χ0n) is 30.9. The number of aryl methyl sites for hydroxylation is 1. The Labute approximate surface area is 323 Å². The number of hydrogen-bond acceptors (Lipinski definition) is 3. The third-order valence-corrected chi connectivity index (χ3v) is 11.9. The van der Waals surface area contributed by atoms with Gasteiger partial charge >= 0.3 is 0 Å². The molecule has 3 aliphatic carbocycles. The molecule has 3 heteroatoms. The first-order valence-corrected chi connectivity index (χ1v) is 19.4. The third kappa shape index (κ3) is 5.79. The van der Waals surface area contributed by atoms with Gasteiger partial charge in [-0.1, -0.05) is 127 Å². The summed E-state index contributed by atoms with van der Waals surface area (Å²) < 4.78 is 0. The van der Waals surface area contributed by atoms with Crippen molar-refractivity contribution in [2.24, 2.45) is 0 Å². The van der Waals surface area contributed by atoms with Crippen LogP contribution in [0.25, 0.3) is 33.4 Å². The maximum atomic E-state index is 4.54. The van der Waals surface area contributed by atoms with Crippen LogP contribution in [0.15, 0.2) is 177 Å². The Kier molecular flexibility index (Phi) is 8.48. The van der Waals surface area contributed by atoms with Gasteiger partial charge in [-0.15, -0.1) is 0 Å². The van der Waals surface area contributed by atoms with Crippen LogP contribution in [0.4, 0.5) is 0 Å². The van der Waals surface area contributed by atoms with Gasteiger partial charge in [-0.25, -0.2) is 0 Å². The van der Waals surface area contributed by atoms with Crippen LogP contribution < -0.4 is 0 Å². The van der Waals surface area contributed by atoms with E-state index in [0.717, 1.165) is 19.3 Å². The van der Waals surface area contributed by atoms with Crippen molar-refractivity contribution in [3.63, 3.8) is 0 Å². The number of hydrogen-bond donors (Lipinski definition) is 0. The molecule has 3 aliphatic rings. The fraction of sp³-hybridized carbons (Fsp3) is 0.135. The lowest BCUT2D eigenvalue weighted by molar-refractivity contribution is 0.798. The van der Waals surface area contributed by atoms with E-state index >= 15 is 0 Å². The molecule has 0 fully saturated rings. The Hall–Kier alpha value is -6.45. The molecule has 3 aromatic heterocycles. The monoisotopic (exact) mass is 707 g/mol. The maximum absolute atomic E-state index is 4.54. The average Bonchev–Trinajstić information content (AvgIpc) is 3.85. The van der Waals surface area contributed by atoms with Gasteiger partial charge in [0.2, 0.25) is 0 Å². The molecule has 0 saturated heterocycles. The van der Waals surface area contributed by atoms with Crippen LogP contribution >= 0.6 is 0 Å². The van der Waals surface area contributed by atoms with Crippen LogP contribution in [0, 0.1) is 6.92 Å². The summed E-state index contributed by atoms with van der Waals surface area (Å²) >= 11 is 0. The SMILES string of the molecule is Cc1ccccc1.c1cncc(C[C@@H]2c3ccccc3-c3c2c2c(c4c3[C@H](Cc3cccnc3)c3ccccc3-4)[C@H](Cc3cccnc3)c3ccccc3-2)c1. The van der Waals surface area contributed by atoms with Crippen LogP contribution in [0.2, 0.25) is 0 Å². The molecule has 3 atom stereocenters. The highest BCUT2D eigenvalue weighted by Gasteiger charge is 2.46. The van der Waals surface area contributed by atoms with Crippen molar-refractivity contribution in [3.05, 3.63) is 232 Å². The zero-order valence-corrected chi connectivity index (χ0v) is 30.9. The largest absolute Gasteiger partial charge is 0.264 e. The van der Waals surface area contributed by atoms with E-state index in [0.29, 0.717) is 0 Å². The Morgan fingerprint density at radius 3 is 0.982 bits per heavy atom. The van der Waals surface area contributed by atoms with Crippen molar-refractivity contribution in [2.45, 2.75) is 43.9 Å². The molecule has 0 aliphatic heterocycles. The number of benzene rings is 5. The highest BCUT2D eigenvalue weighted by molar-refractivity contribution is 6.03. The topological polar surface area (TPSA) is 38.7 Å². The van der Waals surface area contributed by atoms with E-state index in [2.05, 4.69) is 162 Å². The minimum atomic E-state index is 0.229. The van der Waals surface area contributed by atoms with Gasteiger partial charge in [-0.2, -0.15) is 0 Å². The average molecular weight is 708 g/mol. The molecule has 8 aromatic rings. The van der Waals surface area contributed by atoms with E-state index in [-0.39, 0.29) is 17.8 Å². The lowest BCUT2D eigenvalue weighted by Crippen LogP contribution is -2.09. The minimum absolute atomic E-state index is 0.229. The standard InChI is InChI=1S/C45H33N3.C7H8/c1-4-16-34-31(13-1)37(22-28-10-7-19-46-25-28)43-40(34)44-38(23-29-11-8-20-47-26-29)33-15-3-6-18-36(33)42(44)45-39(24-30-12-9-21-48-27-30)32-14-2-5-17-35(32)41(43)45;1-7-5-3-2-4-6-7/h1-21,25-27,37-39H,22-24H2;2-6H,1H3/t37-,38-,39-;/m1./s1. The summed E-state index contributed by atoms with van der Waals surface area (Å²) in [5.74, 6) is 0.687. The van der Waals surface area contributed by atoms with E-state index < -0.39 is 0 Å². The smallest absolute Gasteiger partial charge is 0.0300 e. The molecular formula is C52H41N3. The predicted octanol–water partition coefficient (Wildman–Crippen LogP) is 11.9. The summed E-state index contributed by atoms with van der Waals surface area (Å²) in [4.78, 5) is 13.6. The molecular weight excluding hydrogens is 667 g/mol. The van der Waals surface area contributed by atoms with Crippen LogP contribution in [0.3, 0.4) is 0 Å². The first-order chi connectivity index (χ1) is 27.2. The number of nitrogens with zero attached hydrogens (tertiary/aromatic N) is 3. The second-order valence-corrected chi connectivity index (χ2v) is 15.1. The second-order valence-electron chi connectivity index (χ2n) is 15.1. The van der Waals surface area contributed by atoms with Crippen molar-refractivity contribution < 1.29 is 0 Å². The number of rotatable bonds is 6. The highest BCUT2D eigenvalue weighted by Crippen LogP contribution is 2.65. The van der Waals surface area contributed by atoms with Crippen molar-refractivity contribution in [1.29, 1.82) is 0 Å². The van der Waals surface area contributed by atoms with Crippen LogP contribution in [-0.2, 0) is 19.3 Å². The first-order valence-electron chi connectivity index (χ1n) is 19.4. The molecule has 0 radical (unpaired) electrons. The van der Waals surface area contributed by atoms with Crippen molar-refractivity contribution in [1.82, 2.24) is 15.0 Å². The van der Waals surface area contributed by atoms with Gasteiger partial charge in [-0.3, -0.25) is 15.0 Å². The summed E-state index contributed by atoms with van der Waals surface area (Å²) in [5.41, 5.74) is 22.4. The van der Waals surface area contributed by atoms with E-state index in [4.69, 9.17) is 0 Å². The van der Waals surface area contributed by atoms with Crippen molar-refractivity contribution in [2.75, 3.05) is 0 Å². The fourth-order valence-corrected chi connectivity index (χ4v) is 9.71. The molecule has 3 nitrogen and oxygen atoms in total. The Morgan fingerprint density at radius 1 is 0.364 bits per heavy atom. The molecule has 0 spiro atoms. The second kappa shape index (κ2) is 14.1. The summed E-state index contributed by atoms with van der Waals surface area (Å²) in [7, 11) is 0. The van der Waals surface area contributed by atoms with E-state index in [1.807, 2.05) is 36.8 Å². The Bertz CT molecular complexity index is 2350. The van der Waals surface area contributed by atoms with Gasteiger partial charge in [-0.05, 0) is 128 Å². The zero-order chi connectivity index (χ0) is 36.7. The van der Waals surface area contributed by atoms with Crippen molar-refractivity contribution in [3.8, 4) is 33.4 Å². The van der Waals surface area contributed by atoms with Gasteiger partial charge in [0.15, 0.2) is 0 Å². The maximum Gasteiger partial charge on any atom is 0.0300 e. The Morgan fingerprint density at radius 2 is 0.691 bits per heavy atom. The van der Waals surface area contributed by atoms with E-state index in [1.54, 1.807) is 0 Å². The van der Waals surface area contributed by atoms with Crippen LogP contribution in [0.1, 0.15) is 73.4 Å². The molecule has 11 rings (SSSR count). The molecule has 0 unspecified atom stereocenters. The fourth-order valence-electron chi connectivity index (χ4n) is 9.71. The lowest BCUT2D eigenvalue weighted by Gasteiger charge is -2.25. The van der Waals surface area contributed by atoms with Crippen LogP contribution in [0.5, 0.6) is 0 Å². The van der Waals surface area contributed by atoms with Crippen molar-refractivity contribution >= 4 is 0 Å². The third-order valence-electron chi connectivity index (χ3n) is 11.9. The quantitative estimate of drug-likeness (QED) is 0.173.